The summed E-state index contributed by atoms with van der Waals surface area (Å²) in [5.74, 6) is 1.35. The molecule has 1 amide bonds. The zero-order valence-electron chi connectivity index (χ0n) is 14.8. The van der Waals surface area contributed by atoms with Gasteiger partial charge in [0.1, 0.15) is 0 Å². The minimum absolute atomic E-state index is 0.0762. The number of carbonyl (C=O) groups is 1. The highest BCUT2D eigenvalue weighted by molar-refractivity contribution is 5.94. The van der Waals surface area contributed by atoms with Gasteiger partial charge in [0.25, 0.3) is 5.91 Å². The highest BCUT2D eigenvalue weighted by Crippen LogP contribution is 2.27. The van der Waals surface area contributed by atoms with E-state index in [0.29, 0.717) is 18.3 Å². The lowest BCUT2D eigenvalue weighted by molar-refractivity contribution is 0.0706. The fourth-order valence-corrected chi connectivity index (χ4v) is 3.30. The average Bonchev–Trinajstić information content (AvgIpc) is 2.75. The number of hydrogen-bond acceptors (Lipinski definition) is 6. The fourth-order valence-electron chi connectivity index (χ4n) is 3.30. The van der Waals surface area contributed by atoms with Gasteiger partial charge in [0.05, 0.1) is 11.9 Å². The Bertz CT molecular complexity index is 903. The first-order chi connectivity index (χ1) is 13.3. The van der Waals surface area contributed by atoms with Crippen LogP contribution in [0.25, 0.3) is 0 Å². The summed E-state index contributed by atoms with van der Waals surface area (Å²) in [6.45, 7) is 1.44. The minimum atomic E-state index is 0.0762. The number of rotatable bonds is 4. The molecule has 3 aromatic rings. The molecule has 3 heterocycles. The zero-order valence-corrected chi connectivity index (χ0v) is 14.8. The van der Waals surface area contributed by atoms with E-state index in [4.69, 9.17) is 0 Å². The maximum atomic E-state index is 12.8. The van der Waals surface area contributed by atoms with Crippen LogP contribution in [0.3, 0.4) is 0 Å². The lowest BCUT2D eigenvalue weighted by Crippen LogP contribution is -2.39. The highest BCUT2D eigenvalue weighted by atomic mass is 16.2. The van der Waals surface area contributed by atoms with Gasteiger partial charge in [0.15, 0.2) is 5.82 Å². The Labute approximate surface area is 157 Å². The molecule has 27 heavy (non-hydrogen) atoms. The third kappa shape index (κ3) is 4.08. The van der Waals surface area contributed by atoms with E-state index in [1.54, 1.807) is 24.8 Å². The van der Waals surface area contributed by atoms with Crippen LogP contribution < -0.4 is 5.32 Å². The lowest BCUT2D eigenvalue weighted by atomic mass is 9.94. The Kier molecular flexibility index (Phi) is 5.00. The quantitative estimate of drug-likeness (QED) is 0.770. The first-order valence-electron chi connectivity index (χ1n) is 9.00. The standard InChI is InChI=1S/C20H20N6O/c27-19(15-5-2-1-3-6-15)26-12-4-7-16(14-26)17-8-9-23-20(24-17)25-18-13-21-10-11-22-18/h1-3,5-6,8-11,13,16H,4,7,12,14H2,(H,22,23,24,25). The summed E-state index contributed by atoms with van der Waals surface area (Å²) in [6, 6.07) is 11.3. The van der Waals surface area contributed by atoms with Crippen LogP contribution in [0, 0.1) is 0 Å². The summed E-state index contributed by atoms with van der Waals surface area (Å²) in [6.07, 6.45) is 8.54. The van der Waals surface area contributed by atoms with Gasteiger partial charge in [-0.15, -0.1) is 0 Å². The molecule has 0 radical (unpaired) electrons. The molecule has 0 saturated carbocycles. The molecule has 1 N–H and O–H groups in total. The Morgan fingerprint density at radius 2 is 1.96 bits per heavy atom. The van der Waals surface area contributed by atoms with Crippen molar-refractivity contribution in [2.45, 2.75) is 18.8 Å². The number of amides is 1. The molecule has 136 valence electrons. The van der Waals surface area contributed by atoms with E-state index in [-0.39, 0.29) is 11.8 Å². The summed E-state index contributed by atoms with van der Waals surface area (Å²) in [5.41, 5.74) is 1.66. The van der Waals surface area contributed by atoms with E-state index >= 15 is 0 Å². The molecule has 0 bridgehead atoms. The van der Waals surface area contributed by atoms with Crippen molar-refractivity contribution in [2.75, 3.05) is 18.4 Å². The molecule has 7 heteroatoms. The second-order valence-corrected chi connectivity index (χ2v) is 6.48. The fraction of sp³-hybridized carbons (Fsp3) is 0.250. The van der Waals surface area contributed by atoms with Crippen molar-refractivity contribution in [1.82, 2.24) is 24.8 Å². The normalized spacial score (nSPS) is 16.7. The van der Waals surface area contributed by atoms with Crippen LogP contribution in [0.1, 0.15) is 34.8 Å². The van der Waals surface area contributed by atoms with Gasteiger partial charge < -0.3 is 10.2 Å². The van der Waals surface area contributed by atoms with Crippen LogP contribution in [0.2, 0.25) is 0 Å². The van der Waals surface area contributed by atoms with Crippen LogP contribution in [0.15, 0.2) is 61.2 Å². The van der Waals surface area contributed by atoms with Gasteiger partial charge in [-0.2, -0.15) is 0 Å². The van der Waals surface area contributed by atoms with E-state index in [1.165, 1.54) is 0 Å². The number of benzene rings is 1. The van der Waals surface area contributed by atoms with Crippen LogP contribution in [0.4, 0.5) is 11.8 Å². The van der Waals surface area contributed by atoms with Gasteiger partial charge in [-0.3, -0.25) is 9.78 Å². The number of likely N-dealkylation sites (tertiary alicyclic amines) is 1. The van der Waals surface area contributed by atoms with Crippen molar-refractivity contribution in [1.29, 1.82) is 0 Å². The van der Waals surface area contributed by atoms with E-state index < -0.39 is 0 Å². The van der Waals surface area contributed by atoms with Gasteiger partial charge in [0.2, 0.25) is 5.95 Å². The van der Waals surface area contributed by atoms with Gasteiger partial charge in [-0.1, -0.05) is 18.2 Å². The van der Waals surface area contributed by atoms with Gasteiger partial charge >= 0.3 is 0 Å². The molecular weight excluding hydrogens is 340 g/mol. The third-order valence-corrected chi connectivity index (χ3v) is 4.63. The SMILES string of the molecule is O=C(c1ccccc1)N1CCCC(c2ccnc(Nc3cnccn3)n2)C1. The second kappa shape index (κ2) is 7.90. The van der Waals surface area contributed by atoms with Crippen molar-refractivity contribution in [3.8, 4) is 0 Å². The van der Waals surface area contributed by atoms with Crippen molar-refractivity contribution >= 4 is 17.7 Å². The van der Waals surface area contributed by atoms with Crippen molar-refractivity contribution in [2.24, 2.45) is 0 Å². The van der Waals surface area contributed by atoms with E-state index in [2.05, 4.69) is 25.3 Å². The van der Waals surface area contributed by atoms with Gasteiger partial charge in [-0.05, 0) is 31.0 Å². The molecule has 1 aromatic carbocycles. The Morgan fingerprint density at radius 3 is 2.78 bits per heavy atom. The van der Waals surface area contributed by atoms with Crippen molar-refractivity contribution in [3.63, 3.8) is 0 Å². The van der Waals surface area contributed by atoms with Crippen molar-refractivity contribution < 1.29 is 4.79 Å². The number of aromatic nitrogens is 4. The summed E-state index contributed by atoms with van der Waals surface area (Å²) in [5, 5.41) is 3.07. The topological polar surface area (TPSA) is 83.9 Å². The predicted octanol–water partition coefficient (Wildman–Crippen LogP) is 3.03. The number of nitrogens with one attached hydrogen (secondary N) is 1. The molecule has 1 saturated heterocycles. The second-order valence-electron chi connectivity index (χ2n) is 6.48. The number of anilines is 2. The predicted molar refractivity (Wildman–Crippen MR) is 102 cm³/mol. The summed E-state index contributed by atoms with van der Waals surface area (Å²) >= 11 is 0. The molecule has 1 unspecified atom stereocenters. The number of carbonyl (C=O) groups excluding carboxylic acids is 1. The Morgan fingerprint density at radius 1 is 1.07 bits per heavy atom. The molecule has 4 rings (SSSR count). The van der Waals surface area contributed by atoms with Crippen LogP contribution in [-0.2, 0) is 0 Å². The Hall–Kier alpha value is -3.35. The van der Waals surface area contributed by atoms with E-state index in [0.717, 1.165) is 30.6 Å². The monoisotopic (exact) mass is 360 g/mol. The minimum Gasteiger partial charge on any atom is -0.338 e. The molecule has 1 aliphatic heterocycles. The first kappa shape index (κ1) is 17.1. The summed E-state index contributed by atoms with van der Waals surface area (Å²) in [4.78, 5) is 31.8. The van der Waals surface area contributed by atoms with Crippen LogP contribution in [0.5, 0.6) is 0 Å². The van der Waals surface area contributed by atoms with Gasteiger partial charge in [0, 0.05) is 43.2 Å². The van der Waals surface area contributed by atoms with Crippen LogP contribution in [-0.4, -0.2) is 43.8 Å². The molecule has 2 aromatic heterocycles. The highest BCUT2D eigenvalue weighted by Gasteiger charge is 2.26. The molecular formula is C20H20N6O. The summed E-state index contributed by atoms with van der Waals surface area (Å²) in [7, 11) is 0. The zero-order chi connectivity index (χ0) is 18.5. The average molecular weight is 360 g/mol. The summed E-state index contributed by atoms with van der Waals surface area (Å²) < 4.78 is 0. The van der Waals surface area contributed by atoms with Crippen LogP contribution >= 0.6 is 0 Å². The van der Waals surface area contributed by atoms with E-state index in [9.17, 15) is 4.79 Å². The third-order valence-electron chi connectivity index (χ3n) is 4.63. The molecule has 1 aliphatic rings. The lowest BCUT2D eigenvalue weighted by Gasteiger charge is -2.32. The molecule has 0 spiro atoms. The maximum Gasteiger partial charge on any atom is 0.253 e. The molecule has 0 aliphatic carbocycles. The largest absolute Gasteiger partial charge is 0.338 e. The molecule has 7 nitrogen and oxygen atoms in total. The molecule has 1 fully saturated rings. The smallest absolute Gasteiger partial charge is 0.253 e. The number of nitrogens with zero attached hydrogens (tertiary/aromatic N) is 5. The van der Waals surface area contributed by atoms with Gasteiger partial charge in [-0.25, -0.2) is 15.0 Å². The number of hydrogen-bond donors (Lipinski definition) is 1. The van der Waals surface area contributed by atoms with E-state index in [1.807, 2.05) is 41.3 Å². The number of piperidine rings is 1. The molecule has 1 atom stereocenters. The van der Waals surface area contributed by atoms with Crippen molar-refractivity contribution in [3.05, 3.63) is 72.4 Å². The Balaban J connectivity index is 1.48. The first-order valence-corrected chi connectivity index (χ1v) is 9.00. The maximum absolute atomic E-state index is 12.8.